The summed E-state index contributed by atoms with van der Waals surface area (Å²) < 4.78 is 0.197. The van der Waals surface area contributed by atoms with Crippen molar-refractivity contribution in [3.05, 3.63) is 0 Å². The molecule has 7 heteroatoms. The van der Waals surface area contributed by atoms with E-state index < -0.39 is 35.7 Å². The summed E-state index contributed by atoms with van der Waals surface area (Å²) in [5.41, 5.74) is -2.04. The van der Waals surface area contributed by atoms with Gasteiger partial charge in [-0.25, -0.2) is 0 Å². The van der Waals surface area contributed by atoms with E-state index in [4.69, 9.17) is 5.11 Å². The molecule has 0 bridgehead atoms. The zero-order chi connectivity index (χ0) is 16.1. The van der Waals surface area contributed by atoms with Crippen LogP contribution in [0.3, 0.4) is 0 Å². The van der Waals surface area contributed by atoms with Gasteiger partial charge < -0.3 is 24.6 Å². The maximum absolute atomic E-state index is 12.1. The molecule has 0 aliphatic heterocycles. The molecule has 0 aromatic heterocycles. The average molecular weight is 289 g/mol. The van der Waals surface area contributed by atoms with Crippen molar-refractivity contribution in [3.63, 3.8) is 0 Å². The van der Waals surface area contributed by atoms with Gasteiger partial charge in [0.05, 0.1) is 21.1 Å². The van der Waals surface area contributed by atoms with Crippen molar-refractivity contribution in [3.8, 4) is 0 Å². The van der Waals surface area contributed by atoms with Crippen LogP contribution < -0.4 is 5.11 Å². The predicted octanol–water partition coefficient (Wildman–Crippen LogP) is -1.37. The molecule has 0 spiro atoms. The number of nitrogens with zero attached hydrogens (tertiary/aromatic N) is 1. The van der Waals surface area contributed by atoms with Crippen LogP contribution in [-0.2, 0) is 14.4 Å². The Labute approximate surface area is 118 Å². The van der Waals surface area contributed by atoms with E-state index >= 15 is 0 Å². The van der Waals surface area contributed by atoms with E-state index in [1.807, 2.05) is 0 Å². The Morgan fingerprint density at radius 2 is 1.70 bits per heavy atom. The summed E-state index contributed by atoms with van der Waals surface area (Å²) >= 11 is 0. The Bertz CT molecular complexity index is 387. The molecule has 0 radical (unpaired) electrons. The second-order valence-electron chi connectivity index (χ2n) is 6.36. The number of likely N-dealkylation sites (N-methyl/N-ethyl adjacent to an activating group) is 1. The van der Waals surface area contributed by atoms with Crippen molar-refractivity contribution < 1.29 is 34.2 Å². The standard InChI is InChI=1S/C13H23NO6/c1-9(6-11(16)17)5-10(15)13(20,7-12(18)19)8-14(2,3)4/h9,20H,5-8H2,1-4H3,(H-,16,17,18,19). The van der Waals surface area contributed by atoms with Gasteiger partial charge in [-0.05, 0) is 5.92 Å². The van der Waals surface area contributed by atoms with E-state index in [0.29, 0.717) is 0 Å². The number of carbonyl (C=O) groups excluding carboxylic acids is 2. The summed E-state index contributed by atoms with van der Waals surface area (Å²) in [5, 5.41) is 29.7. The minimum atomic E-state index is -2.04. The topological polar surface area (TPSA) is 115 Å². The number of hydrogen-bond donors (Lipinski definition) is 2. The lowest BCUT2D eigenvalue weighted by Crippen LogP contribution is -2.56. The molecule has 116 valence electrons. The molecular formula is C13H23NO6. The number of quaternary nitrogens is 1. The van der Waals surface area contributed by atoms with E-state index in [-0.39, 0.29) is 23.9 Å². The Balaban J connectivity index is 4.98. The molecule has 2 unspecified atom stereocenters. The van der Waals surface area contributed by atoms with Gasteiger partial charge in [-0.3, -0.25) is 9.59 Å². The van der Waals surface area contributed by atoms with Crippen LogP contribution in [0.4, 0.5) is 0 Å². The molecule has 0 heterocycles. The molecule has 0 aromatic rings. The number of carboxylic acid groups (broad SMARTS) is 2. The Morgan fingerprint density at radius 3 is 2.05 bits per heavy atom. The fourth-order valence-corrected chi connectivity index (χ4v) is 2.14. The number of Topliss-reactive ketones (excluding diaryl/α,β-unsaturated/α-hetero) is 1. The molecular weight excluding hydrogens is 266 g/mol. The minimum Gasteiger partial charge on any atom is -0.550 e. The third kappa shape index (κ3) is 7.20. The maximum Gasteiger partial charge on any atom is 0.303 e. The summed E-state index contributed by atoms with van der Waals surface area (Å²) in [6, 6.07) is 0. The Hall–Kier alpha value is -1.47. The van der Waals surface area contributed by atoms with Crippen molar-refractivity contribution >= 4 is 17.7 Å². The molecule has 2 atom stereocenters. The number of carbonyl (C=O) groups is 3. The van der Waals surface area contributed by atoms with Crippen LogP contribution in [0.5, 0.6) is 0 Å². The first-order chi connectivity index (χ1) is 8.85. The molecule has 0 rings (SSSR count). The van der Waals surface area contributed by atoms with Crippen LogP contribution in [0.1, 0.15) is 26.2 Å². The minimum absolute atomic E-state index is 0.0837. The van der Waals surface area contributed by atoms with Gasteiger partial charge in [0.25, 0.3) is 0 Å². The Kier molecular flexibility index (Phi) is 6.31. The number of rotatable bonds is 9. The highest BCUT2D eigenvalue weighted by atomic mass is 16.4. The average Bonchev–Trinajstić information content (AvgIpc) is 2.10. The summed E-state index contributed by atoms with van der Waals surface area (Å²) in [6.45, 7) is 1.48. The van der Waals surface area contributed by atoms with Crippen molar-refractivity contribution in [1.29, 1.82) is 0 Å². The van der Waals surface area contributed by atoms with Crippen molar-refractivity contribution in [1.82, 2.24) is 0 Å². The monoisotopic (exact) mass is 289 g/mol. The number of ketones is 1. The Morgan fingerprint density at radius 1 is 1.20 bits per heavy atom. The first-order valence-electron chi connectivity index (χ1n) is 6.33. The van der Waals surface area contributed by atoms with Gasteiger partial charge in [-0.1, -0.05) is 6.92 Å². The second-order valence-corrected chi connectivity index (χ2v) is 6.36. The third-order valence-electron chi connectivity index (χ3n) is 2.75. The molecule has 7 nitrogen and oxygen atoms in total. The maximum atomic E-state index is 12.1. The summed E-state index contributed by atoms with van der Waals surface area (Å²) in [6.07, 6.45) is -1.19. The molecule has 0 aromatic carbocycles. The van der Waals surface area contributed by atoms with E-state index in [2.05, 4.69) is 0 Å². The van der Waals surface area contributed by atoms with Crippen molar-refractivity contribution in [2.45, 2.75) is 31.8 Å². The molecule has 20 heavy (non-hydrogen) atoms. The van der Waals surface area contributed by atoms with Crippen molar-refractivity contribution in [2.24, 2.45) is 5.92 Å². The smallest absolute Gasteiger partial charge is 0.303 e. The van der Waals surface area contributed by atoms with Gasteiger partial charge in [-0.15, -0.1) is 0 Å². The normalized spacial score (nSPS) is 16.2. The lowest BCUT2D eigenvalue weighted by atomic mass is 9.86. The van der Waals surface area contributed by atoms with Gasteiger partial charge >= 0.3 is 5.97 Å². The van der Waals surface area contributed by atoms with E-state index in [9.17, 15) is 24.6 Å². The van der Waals surface area contributed by atoms with Crippen LogP contribution >= 0.6 is 0 Å². The molecule has 0 saturated heterocycles. The number of aliphatic hydroxyl groups is 1. The molecule has 0 aliphatic carbocycles. The van der Waals surface area contributed by atoms with Crippen LogP contribution in [0.2, 0.25) is 0 Å². The van der Waals surface area contributed by atoms with Crippen LogP contribution in [0.25, 0.3) is 0 Å². The lowest BCUT2D eigenvalue weighted by Gasteiger charge is -2.35. The highest BCUT2D eigenvalue weighted by Gasteiger charge is 2.41. The second kappa shape index (κ2) is 6.81. The van der Waals surface area contributed by atoms with E-state index in [0.717, 1.165) is 0 Å². The lowest BCUT2D eigenvalue weighted by molar-refractivity contribution is -0.875. The molecule has 0 fully saturated rings. The largest absolute Gasteiger partial charge is 0.550 e. The van der Waals surface area contributed by atoms with Crippen molar-refractivity contribution in [2.75, 3.05) is 27.7 Å². The third-order valence-corrected chi connectivity index (χ3v) is 2.75. The summed E-state index contributed by atoms with van der Waals surface area (Å²) in [5.74, 6) is -3.69. The van der Waals surface area contributed by atoms with E-state index in [1.165, 1.54) is 0 Å². The highest BCUT2D eigenvalue weighted by molar-refractivity contribution is 5.91. The van der Waals surface area contributed by atoms with Crippen LogP contribution in [0, 0.1) is 5.92 Å². The first kappa shape index (κ1) is 18.5. The van der Waals surface area contributed by atoms with Crippen LogP contribution in [-0.4, -0.2) is 65.7 Å². The zero-order valence-corrected chi connectivity index (χ0v) is 12.4. The van der Waals surface area contributed by atoms with Gasteiger partial charge in [0.2, 0.25) is 0 Å². The number of aliphatic carboxylic acids is 2. The van der Waals surface area contributed by atoms with Gasteiger partial charge in [0.15, 0.2) is 11.4 Å². The van der Waals surface area contributed by atoms with E-state index in [1.54, 1.807) is 28.1 Å². The van der Waals surface area contributed by atoms with Gasteiger partial charge in [0.1, 0.15) is 6.54 Å². The van der Waals surface area contributed by atoms with Crippen LogP contribution in [0.15, 0.2) is 0 Å². The van der Waals surface area contributed by atoms with Gasteiger partial charge in [-0.2, -0.15) is 0 Å². The fourth-order valence-electron chi connectivity index (χ4n) is 2.14. The highest BCUT2D eigenvalue weighted by Crippen LogP contribution is 2.21. The molecule has 0 aliphatic rings. The summed E-state index contributed by atoms with van der Waals surface area (Å²) in [4.78, 5) is 33.4. The molecule has 0 saturated carbocycles. The fraction of sp³-hybridized carbons (Fsp3) is 0.769. The molecule has 0 amide bonds. The number of hydrogen-bond acceptors (Lipinski definition) is 5. The summed E-state index contributed by atoms with van der Waals surface area (Å²) in [7, 11) is 5.15. The number of carboxylic acids is 2. The zero-order valence-electron chi connectivity index (χ0n) is 12.4. The van der Waals surface area contributed by atoms with Gasteiger partial charge in [0, 0.05) is 25.2 Å². The first-order valence-corrected chi connectivity index (χ1v) is 6.33. The SMILES string of the molecule is CC(CC(=O)O)CC(=O)C(O)(CC(=O)[O-])C[N+](C)(C)C. The molecule has 2 N–H and O–H groups in total. The quantitative estimate of drug-likeness (QED) is 0.506. The predicted molar refractivity (Wildman–Crippen MR) is 68.5 cm³/mol.